The topological polar surface area (TPSA) is 182 Å². The summed E-state index contributed by atoms with van der Waals surface area (Å²) in [4.78, 5) is 34.8. The van der Waals surface area contributed by atoms with Crippen LogP contribution < -0.4 is 11.1 Å². The van der Waals surface area contributed by atoms with Gasteiger partial charge in [0.05, 0.1) is 5.56 Å². The highest BCUT2D eigenvalue weighted by Crippen LogP contribution is 2.31. The molecule has 48 heavy (non-hydrogen) atoms. The van der Waals surface area contributed by atoms with Crippen LogP contribution in [0, 0.1) is 5.82 Å². The maximum Gasteiger partial charge on any atom is 0.490 e. The van der Waals surface area contributed by atoms with E-state index in [1.807, 2.05) is 37.3 Å². The number of nitrogens with one attached hydrogen (secondary N) is 1. The summed E-state index contributed by atoms with van der Waals surface area (Å²) in [5.74, 6) is -4.35. The molecule has 0 saturated carbocycles. The quantitative estimate of drug-likeness (QED) is 0.164. The van der Waals surface area contributed by atoms with E-state index in [1.165, 1.54) is 12.4 Å². The van der Waals surface area contributed by atoms with Crippen LogP contribution in [0.3, 0.4) is 0 Å². The standard InChI is InChI=1S/C25H23FN8.2C2HF3O2/c1-3-15-4-7-21(26)20(10-15)22(25-32-24(33-34(25)2)17-12-28-14-29-13-17)31-18-5-6-19-16(11-18)8-9-30-23(19)27;2*3-2(4,5)1(6)7/h4-14,22,31H,3H2,1-2H3,(H2,27,30);2*(H,6,7). The van der Waals surface area contributed by atoms with Gasteiger partial charge in [0.25, 0.3) is 0 Å². The fourth-order valence-corrected chi connectivity index (χ4v) is 3.96. The van der Waals surface area contributed by atoms with E-state index in [4.69, 9.17) is 30.5 Å². The van der Waals surface area contributed by atoms with Crippen molar-refractivity contribution in [2.75, 3.05) is 11.1 Å². The third-order valence-corrected chi connectivity index (χ3v) is 6.24. The van der Waals surface area contributed by atoms with Gasteiger partial charge in [0, 0.05) is 42.3 Å². The maximum absolute atomic E-state index is 15.2. The smallest absolute Gasteiger partial charge is 0.475 e. The molecule has 12 nitrogen and oxygen atoms in total. The summed E-state index contributed by atoms with van der Waals surface area (Å²) in [7, 11) is 1.79. The van der Waals surface area contributed by atoms with Gasteiger partial charge in [-0.25, -0.2) is 33.9 Å². The van der Waals surface area contributed by atoms with E-state index in [1.54, 1.807) is 36.4 Å². The minimum Gasteiger partial charge on any atom is -0.475 e. The molecule has 0 radical (unpaired) electrons. The lowest BCUT2D eigenvalue weighted by Gasteiger charge is -2.21. The summed E-state index contributed by atoms with van der Waals surface area (Å²) < 4.78 is 80.3. The van der Waals surface area contributed by atoms with Gasteiger partial charge >= 0.3 is 24.3 Å². The Bertz CT molecular complexity index is 1860. The molecule has 0 saturated heterocycles. The van der Waals surface area contributed by atoms with Gasteiger partial charge < -0.3 is 21.3 Å². The average Bonchev–Trinajstić information content (AvgIpc) is 3.41. The van der Waals surface area contributed by atoms with Crippen LogP contribution in [0.2, 0.25) is 0 Å². The summed E-state index contributed by atoms with van der Waals surface area (Å²) in [6, 6.07) is 12.2. The second-order valence-corrected chi connectivity index (χ2v) is 9.57. The highest BCUT2D eigenvalue weighted by Gasteiger charge is 2.39. The maximum atomic E-state index is 15.2. The third kappa shape index (κ3) is 9.56. The van der Waals surface area contributed by atoms with Gasteiger partial charge in [-0.15, -0.1) is 0 Å². The lowest BCUT2D eigenvalue weighted by atomic mass is 10.0. The molecule has 19 heteroatoms. The van der Waals surface area contributed by atoms with E-state index in [9.17, 15) is 26.3 Å². The highest BCUT2D eigenvalue weighted by molar-refractivity contribution is 5.93. The SMILES string of the molecule is CCc1ccc(F)c(C(Nc2ccc3c(N)nccc3c2)c2nc(-c3cncnc3)nn2C)c1.O=C(O)C(F)(F)F.O=C(O)C(F)(F)F. The molecule has 0 aliphatic heterocycles. The van der Waals surface area contributed by atoms with E-state index < -0.39 is 30.3 Å². The van der Waals surface area contributed by atoms with Gasteiger partial charge in [0.1, 0.15) is 24.0 Å². The predicted molar refractivity (Wildman–Crippen MR) is 157 cm³/mol. The number of benzene rings is 2. The average molecular weight is 683 g/mol. The molecule has 5 N–H and O–H groups in total. The minimum atomic E-state index is -5.08. The van der Waals surface area contributed by atoms with Crippen molar-refractivity contribution in [3.63, 3.8) is 0 Å². The Morgan fingerprint density at radius 1 is 0.958 bits per heavy atom. The minimum absolute atomic E-state index is 0.323. The predicted octanol–water partition coefficient (Wildman–Crippen LogP) is 5.57. The molecule has 5 rings (SSSR count). The molecule has 0 fully saturated rings. The first-order chi connectivity index (χ1) is 22.4. The van der Waals surface area contributed by atoms with Crippen molar-refractivity contribution >= 4 is 34.2 Å². The normalized spacial score (nSPS) is 11.9. The number of rotatable bonds is 6. The van der Waals surface area contributed by atoms with Crippen molar-refractivity contribution < 1.29 is 50.5 Å². The molecule has 5 aromatic rings. The number of alkyl halides is 6. The molecule has 1 atom stereocenters. The first kappa shape index (κ1) is 36.6. The number of nitrogen functional groups attached to an aromatic ring is 1. The Morgan fingerprint density at radius 2 is 1.56 bits per heavy atom. The Balaban J connectivity index is 0.000000376. The molecule has 254 valence electrons. The van der Waals surface area contributed by atoms with E-state index in [2.05, 4.69) is 25.4 Å². The van der Waals surface area contributed by atoms with Crippen LogP contribution in [-0.4, -0.2) is 64.2 Å². The van der Waals surface area contributed by atoms with E-state index in [-0.39, 0.29) is 5.82 Å². The largest absolute Gasteiger partial charge is 0.490 e. The number of hydrogen-bond donors (Lipinski definition) is 4. The number of nitrogens with two attached hydrogens (primary N) is 1. The number of aryl methyl sites for hydroxylation is 2. The number of halogens is 7. The van der Waals surface area contributed by atoms with Crippen LogP contribution in [0.25, 0.3) is 22.2 Å². The van der Waals surface area contributed by atoms with Crippen molar-refractivity contribution in [3.8, 4) is 11.4 Å². The lowest BCUT2D eigenvalue weighted by Crippen LogP contribution is -2.21. The molecule has 0 bridgehead atoms. The van der Waals surface area contributed by atoms with Gasteiger partial charge in [0.15, 0.2) is 11.6 Å². The number of pyridine rings is 1. The van der Waals surface area contributed by atoms with Crippen LogP contribution in [-0.2, 0) is 23.1 Å². The molecule has 3 aromatic heterocycles. The van der Waals surface area contributed by atoms with Crippen LogP contribution in [0.4, 0.5) is 42.2 Å². The number of aromatic nitrogens is 6. The number of hydrogen-bond acceptors (Lipinski definition) is 9. The molecule has 0 amide bonds. The number of anilines is 2. The Kier molecular flexibility index (Phi) is 11.5. The molecule has 0 aliphatic rings. The summed E-state index contributed by atoms with van der Waals surface area (Å²) in [5, 5.41) is 24.0. The molecule has 0 aliphatic carbocycles. The van der Waals surface area contributed by atoms with E-state index in [0.29, 0.717) is 28.6 Å². The van der Waals surface area contributed by atoms with E-state index in [0.717, 1.165) is 28.4 Å². The first-order valence-corrected chi connectivity index (χ1v) is 13.4. The Morgan fingerprint density at radius 3 is 2.12 bits per heavy atom. The van der Waals surface area contributed by atoms with Crippen molar-refractivity contribution in [3.05, 3.63) is 90.2 Å². The molecule has 1 unspecified atom stereocenters. The molecule has 2 aromatic carbocycles. The number of carboxylic acids is 2. The van der Waals surface area contributed by atoms with Crippen LogP contribution in [0.1, 0.15) is 29.9 Å². The fourth-order valence-electron chi connectivity index (χ4n) is 3.96. The van der Waals surface area contributed by atoms with Gasteiger partial charge in [-0.1, -0.05) is 19.1 Å². The summed E-state index contributed by atoms with van der Waals surface area (Å²) in [6.45, 7) is 2.04. The van der Waals surface area contributed by atoms with Crippen molar-refractivity contribution in [1.82, 2.24) is 29.7 Å². The van der Waals surface area contributed by atoms with Gasteiger partial charge in [-0.05, 0) is 47.7 Å². The number of carboxylic acid groups (broad SMARTS) is 2. The Labute approximate surface area is 266 Å². The molecule has 0 spiro atoms. The van der Waals surface area contributed by atoms with Crippen LogP contribution in [0.15, 0.2) is 67.4 Å². The summed E-state index contributed by atoms with van der Waals surface area (Å²) in [5.41, 5.74) is 8.99. The zero-order valence-electron chi connectivity index (χ0n) is 24.8. The molecular formula is C29H25F7N8O4. The second-order valence-electron chi connectivity index (χ2n) is 9.57. The van der Waals surface area contributed by atoms with Gasteiger partial charge in [-0.2, -0.15) is 31.4 Å². The Hall–Kier alpha value is -5.88. The van der Waals surface area contributed by atoms with Gasteiger partial charge in [0.2, 0.25) is 0 Å². The summed E-state index contributed by atoms with van der Waals surface area (Å²) >= 11 is 0. The van der Waals surface area contributed by atoms with Crippen LogP contribution >= 0.6 is 0 Å². The number of carbonyl (C=O) groups is 2. The molecule has 3 heterocycles. The monoisotopic (exact) mass is 682 g/mol. The van der Waals surface area contributed by atoms with Gasteiger partial charge in [-0.3, -0.25) is 4.68 Å². The van der Waals surface area contributed by atoms with Crippen molar-refractivity contribution in [1.29, 1.82) is 0 Å². The van der Waals surface area contributed by atoms with Crippen molar-refractivity contribution in [2.45, 2.75) is 31.7 Å². The summed E-state index contributed by atoms with van der Waals surface area (Å²) in [6.07, 6.45) is -2.97. The second kappa shape index (κ2) is 15.1. The molecular weight excluding hydrogens is 657 g/mol. The fraction of sp³-hybridized carbons (Fsp3) is 0.207. The third-order valence-electron chi connectivity index (χ3n) is 6.24. The van der Waals surface area contributed by atoms with E-state index >= 15 is 4.39 Å². The highest BCUT2D eigenvalue weighted by atomic mass is 19.4. The number of aliphatic carboxylic acids is 2. The number of nitrogens with zero attached hydrogens (tertiary/aromatic N) is 6. The zero-order chi connectivity index (χ0) is 35.8. The number of fused-ring (bicyclic) bond motifs is 1. The lowest BCUT2D eigenvalue weighted by molar-refractivity contribution is -0.193. The first-order valence-electron chi connectivity index (χ1n) is 13.4. The van der Waals surface area contributed by atoms with Crippen LogP contribution in [0.5, 0.6) is 0 Å². The zero-order valence-corrected chi connectivity index (χ0v) is 24.8. The van der Waals surface area contributed by atoms with Crippen molar-refractivity contribution in [2.24, 2.45) is 7.05 Å².